The Morgan fingerprint density at radius 3 is 2.88 bits per heavy atom. The molecule has 0 fully saturated rings. The SMILES string of the molecule is Cc1noc(NC(C)c2cccc(Br)c2)n1. The number of anilines is 1. The van der Waals surface area contributed by atoms with Gasteiger partial charge in [-0.2, -0.15) is 4.98 Å². The van der Waals surface area contributed by atoms with Gasteiger partial charge in [0, 0.05) is 4.47 Å². The van der Waals surface area contributed by atoms with E-state index in [1.165, 1.54) is 0 Å². The Hall–Kier alpha value is -1.36. The van der Waals surface area contributed by atoms with E-state index in [0.29, 0.717) is 11.8 Å². The van der Waals surface area contributed by atoms with Crippen LogP contribution in [0.25, 0.3) is 0 Å². The third kappa shape index (κ3) is 2.61. The van der Waals surface area contributed by atoms with E-state index in [2.05, 4.69) is 37.5 Å². The molecule has 2 rings (SSSR count). The molecule has 4 nitrogen and oxygen atoms in total. The zero-order valence-corrected chi connectivity index (χ0v) is 10.7. The number of halogens is 1. The van der Waals surface area contributed by atoms with Crippen LogP contribution in [0.4, 0.5) is 6.01 Å². The van der Waals surface area contributed by atoms with Crippen LogP contribution in [-0.2, 0) is 0 Å². The van der Waals surface area contributed by atoms with E-state index < -0.39 is 0 Å². The fourth-order valence-electron chi connectivity index (χ4n) is 1.40. The Balaban J connectivity index is 2.11. The Kier molecular flexibility index (Phi) is 3.24. The Morgan fingerprint density at radius 2 is 2.25 bits per heavy atom. The number of aryl methyl sites for hydroxylation is 1. The van der Waals surface area contributed by atoms with Crippen molar-refractivity contribution in [2.75, 3.05) is 5.32 Å². The first-order chi connectivity index (χ1) is 7.65. The summed E-state index contributed by atoms with van der Waals surface area (Å²) in [5.74, 6) is 0.629. The number of hydrogen-bond acceptors (Lipinski definition) is 4. The number of nitrogens with one attached hydrogen (secondary N) is 1. The summed E-state index contributed by atoms with van der Waals surface area (Å²) < 4.78 is 6.06. The highest BCUT2D eigenvalue weighted by Crippen LogP contribution is 2.21. The summed E-state index contributed by atoms with van der Waals surface area (Å²) in [6.45, 7) is 3.83. The molecule has 5 heteroatoms. The maximum absolute atomic E-state index is 5.00. The Morgan fingerprint density at radius 1 is 1.44 bits per heavy atom. The van der Waals surface area contributed by atoms with Gasteiger partial charge in [0.1, 0.15) is 0 Å². The molecule has 0 aliphatic rings. The van der Waals surface area contributed by atoms with E-state index in [4.69, 9.17) is 4.52 Å². The van der Waals surface area contributed by atoms with E-state index in [-0.39, 0.29) is 6.04 Å². The molecule has 0 aliphatic heterocycles. The summed E-state index contributed by atoms with van der Waals surface area (Å²) >= 11 is 3.44. The number of rotatable bonds is 3. The van der Waals surface area contributed by atoms with E-state index in [9.17, 15) is 0 Å². The maximum Gasteiger partial charge on any atom is 0.321 e. The van der Waals surface area contributed by atoms with Crippen LogP contribution in [0.15, 0.2) is 33.3 Å². The second-order valence-corrected chi connectivity index (χ2v) is 4.48. The van der Waals surface area contributed by atoms with Crippen LogP contribution in [0, 0.1) is 6.92 Å². The van der Waals surface area contributed by atoms with Crippen LogP contribution >= 0.6 is 15.9 Å². The molecule has 0 saturated heterocycles. The van der Waals surface area contributed by atoms with Gasteiger partial charge in [0.2, 0.25) is 0 Å². The lowest BCUT2D eigenvalue weighted by atomic mass is 10.1. The summed E-state index contributed by atoms with van der Waals surface area (Å²) in [7, 11) is 0. The molecule has 0 aliphatic carbocycles. The van der Waals surface area contributed by atoms with Crippen LogP contribution in [0.2, 0.25) is 0 Å². The van der Waals surface area contributed by atoms with Gasteiger partial charge in [0.15, 0.2) is 5.82 Å². The number of hydrogen-bond donors (Lipinski definition) is 1. The first kappa shape index (κ1) is 11.1. The lowest BCUT2D eigenvalue weighted by Crippen LogP contribution is -2.06. The lowest BCUT2D eigenvalue weighted by molar-refractivity contribution is 0.422. The summed E-state index contributed by atoms with van der Waals surface area (Å²) in [4.78, 5) is 4.10. The van der Waals surface area contributed by atoms with Crippen LogP contribution < -0.4 is 5.32 Å². The summed E-state index contributed by atoms with van der Waals surface area (Å²) in [6, 6.07) is 8.67. The molecular weight excluding hydrogens is 270 g/mol. The molecule has 0 bridgehead atoms. The van der Waals surface area contributed by atoms with Gasteiger partial charge in [-0.15, -0.1) is 0 Å². The minimum atomic E-state index is 0.123. The van der Waals surface area contributed by atoms with Gasteiger partial charge < -0.3 is 9.84 Å². The van der Waals surface area contributed by atoms with Crippen molar-refractivity contribution in [3.63, 3.8) is 0 Å². The third-order valence-electron chi connectivity index (χ3n) is 2.22. The first-order valence-corrected chi connectivity index (χ1v) is 5.77. The highest BCUT2D eigenvalue weighted by Gasteiger charge is 2.09. The van der Waals surface area contributed by atoms with Crippen molar-refractivity contribution in [3.8, 4) is 0 Å². The van der Waals surface area contributed by atoms with E-state index >= 15 is 0 Å². The summed E-state index contributed by atoms with van der Waals surface area (Å²) in [5, 5.41) is 6.87. The molecule has 1 N–H and O–H groups in total. The number of nitrogens with zero attached hydrogens (tertiary/aromatic N) is 2. The van der Waals surface area contributed by atoms with E-state index in [1.807, 2.05) is 25.1 Å². The predicted octanol–water partition coefficient (Wildman–Crippen LogP) is 3.31. The van der Waals surface area contributed by atoms with Crippen molar-refractivity contribution in [2.24, 2.45) is 0 Å². The molecule has 2 aromatic rings. The standard InChI is InChI=1S/C11H12BrN3O/c1-7(9-4-3-5-10(12)6-9)13-11-14-8(2)15-16-11/h3-7H,1-2H3,(H,13,14,15). The Bertz CT molecular complexity index is 484. The zero-order valence-electron chi connectivity index (χ0n) is 9.07. The third-order valence-corrected chi connectivity index (χ3v) is 2.71. The van der Waals surface area contributed by atoms with Gasteiger partial charge in [0.25, 0.3) is 0 Å². The monoisotopic (exact) mass is 281 g/mol. The van der Waals surface area contributed by atoms with Crippen LogP contribution in [0.5, 0.6) is 0 Å². The summed E-state index contributed by atoms with van der Waals surface area (Å²) in [5.41, 5.74) is 1.16. The molecule has 84 valence electrons. The largest absolute Gasteiger partial charge is 0.331 e. The van der Waals surface area contributed by atoms with Gasteiger partial charge in [0.05, 0.1) is 6.04 Å². The highest BCUT2D eigenvalue weighted by molar-refractivity contribution is 9.10. The molecule has 16 heavy (non-hydrogen) atoms. The number of benzene rings is 1. The minimum absolute atomic E-state index is 0.123. The average molecular weight is 282 g/mol. The second kappa shape index (κ2) is 4.65. The van der Waals surface area contributed by atoms with Crippen molar-refractivity contribution in [1.29, 1.82) is 0 Å². The smallest absolute Gasteiger partial charge is 0.321 e. The molecule has 0 spiro atoms. The molecule has 1 heterocycles. The normalized spacial score (nSPS) is 12.4. The van der Waals surface area contributed by atoms with Crippen molar-refractivity contribution in [3.05, 3.63) is 40.1 Å². The highest BCUT2D eigenvalue weighted by atomic mass is 79.9. The number of aromatic nitrogens is 2. The molecule has 0 radical (unpaired) electrons. The molecule has 0 amide bonds. The molecule has 0 saturated carbocycles. The van der Waals surface area contributed by atoms with Crippen LogP contribution in [0.3, 0.4) is 0 Å². The van der Waals surface area contributed by atoms with Crippen LogP contribution in [-0.4, -0.2) is 10.1 Å². The van der Waals surface area contributed by atoms with E-state index in [0.717, 1.165) is 10.0 Å². The quantitative estimate of drug-likeness (QED) is 0.938. The topological polar surface area (TPSA) is 51.0 Å². The molecule has 1 aromatic heterocycles. The fraction of sp³-hybridized carbons (Fsp3) is 0.273. The maximum atomic E-state index is 5.00. The van der Waals surface area contributed by atoms with Crippen molar-refractivity contribution < 1.29 is 4.52 Å². The first-order valence-electron chi connectivity index (χ1n) is 4.97. The average Bonchev–Trinajstić information content (AvgIpc) is 2.64. The molecule has 1 atom stereocenters. The Labute approximate surface area is 102 Å². The predicted molar refractivity (Wildman–Crippen MR) is 65.2 cm³/mol. The summed E-state index contributed by atoms with van der Waals surface area (Å²) in [6.07, 6.45) is 0. The van der Waals surface area contributed by atoms with Gasteiger partial charge in [-0.25, -0.2) is 0 Å². The van der Waals surface area contributed by atoms with Gasteiger partial charge in [-0.3, -0.25) is 0 Å². The second-order valence-electron chi connectivity index (χ2n) is 3.57. The zero-order chi connectivity index (χ0) is 11.5. The van der Waals surface area contributed by atoms with Crippen molar-refractivity contribution in [1.82, 2.24) is 10.1 Å². The van der Waals surface area contributed by atoms with Gasteiger partial charge in [-0.1, -0.05) is 33.2 Å². The minimum Gasteiger partial charge on any atom is -0.331 e. The van der Waals surface area contributed by atoms with E-state index in [1.54, 1.807) is 6.92 Å². The van der Waals surface area contributed by atoms with Crippen LogP contribution in [0.1, 0.15) is 24.4 Å². The molecule has 1 unspecified atom stereocenters. The molecule has 1 aromatic carbocycles. The van der Waals surface area contributed by atoms with Crippen molar-refractivity contribution in [2.45, 2.75) is 19.9 Å². The molecular formula is C11H12BrN3O. The van der Waals surface area contributed by atoms with Crippen molar-refractivity contribution >= 4 is 21.9 Å². The van der Waals surface area contributed by atoms with Gasteiger partial charge in [-0.05, 0) is 31.5 Å². The lowest BCUT2D eigenvalue weighted by Gasteiger charge is -2.12. The van der Waals surface area contributed by atoms with Gasteiger partial charge >= 0.3 is 6.01 Å². The fourth-order valence-corrected chi connectivity index (χ4v) is 1.82.